The Labute approximate surface area is 150 Å². The Morgan fingerprint density at radius 1 is 0.760 bits per heavy atom. The molecule has 2 heterocycles. The van der Waals surface area contributed by atoms with E-state index >= 15 is 0 Å². The quantitative estimate of drug-likeness (QED) is 0.457. The Kier molecular flexibility index (Phi) is 3.43. The summed E-state index contributed by atoms with van der Waals surface area (Å²) in [6.07, 6.45) is 6.23. The average molecular weight is 339 g/mol. The van der Waals surface area contributed by atoms with Crippen LogP contribution in [0.5, 0.6) is 0 Å². The lowest BCUT2D eigenvalue weighted by Crippen LogP contribution is -2.11. The summed E-state index contributed by atoms with van der Waals surface area (Å²) < 4.78 is 2.73. The molecule has 0 saturated heterocycles. The number of allylic oxidation sites excluding steroid dienone is 2. The summed E-state index contributed by atoms with van der Waals surface area (Å²) in [5.74, 6) is 0. The van der Waals surface area contributed by atoms with Crippen molar-refractivity contribution in [2.75, 3.05) is 6.54 Å². The zero-order valence-electron chi connectivity index (χ0n) is 13.7. The van der Waals surface area contributed by atoms with Crippen LogP contribution in [0.4, 0.5) is 0 Å². The van der Waals surface area contributed by atoms with Crippen LogP contribution in [0.15, 0.2) is 85.1 Å². The minimum atomic E-state index is 0.891. The van der Waals surface area contributed by atoms with E-state index in [1.165, 1.54) is 42.4 Å². The highest BCUT2D eigenvalue weighted by Crippen LogP contribution is 2.39. The molecule has 1 aromatic heterocycles. The molecular formula is C23H17NS. The molecule has 0 spiro atoms. The van der Waals surface area contributed by atoms with Crippen LogP contribution in [0.2, 0.25) is 0 Å². The molecule has 1 N–H and O–H groups in total. The van der Waals surface area contributed by atoms with Crippen LogP contribution in [-0.4, -0.2) is 6.54 Å². The SMILES string of the molecule is C1=CNCC(c2ccc(-c3cccc4c3sc3ccccc34)cc2)=C1. The fraction of sp³-hybridized carbons (Fsp3) is 0.0435. The smallest absolute Gasteiger partial charge is 0.0433 e. The molecule has 5 rings (SSSR count). The van der Waals surface area contributed by atoms with E-state index in [2.05, 4.69) is 84.2 Å². The summed E-state index contributed by atoms with van der Waals surface area (Å²) in [5.41, 5.74) is 5.21. The fourth-order valence-electron chi connectivity index (χ4n) is 3.50. The number of benzene rings is 3. The molecule has 2 heteroatoms. The second-order valence-electron chi connectivity index (χ2n) is 6.29. The van der Waals surface area contributed by atoms with Crippen molar-refractivity contribution in [3.63, 3.8) is 0 Å². The highest BCUT2D eigenvalue weighted by atomic mass is 32.1. The van der Waals surface area contributed by atoms with E-state index in [0.717, 1.165) is 6.54 Å². The molecule has 1 aliphatic heterocycles. The zero-order chi connectivity index (χ0) is 16.6. The Morgan fingerprint density at radius 3 is 2.40 bits per heavy atom. The Balaban J connectivity index is 1.63. The molecule has 0 bridgehead atoms. The van der Waals surface area contributed by atoms with Crippen molar-refractivity contribution >= 4 is 37.1 Å². The molecule has 1 aliphatic rings. The minimum absolute atomic E-state index is 0.891. The molecule has 0 amide bonds. The van der Waals surface area contributed by atoms with E-state index in [-0.39, 0.29) is 0 Å². The number of hydrogen-bond acceptors (Lipinski definition) is 2. The van der Waals surface area contributed by atoms with Crippen molar-refractivity contribution in [1.82, 2.24) is 5.32 Å². The monoisotopic (exact) mass is 339 g/mol. The standard InChI is InChI=1S/C23H17NS/c1-2-9-22-20(6-1)21-8-3-7-19(23(21)25-22)17-12-10-16(11-13-17)18-5-4-14-24-15-18/h1-14,24H,15H2. The summed E-state index contributed by atoms with van der Waals surface area (Å²) in [4.78, 5) is 0. The number of nitrogens with one attached hydrogen (secondary N) is 1. The van der Waals surface area contributed by atoms with E-state index in [9.17, 15) is 0 Å². The first-order valence-corrected chi connectivity index (χ1v) is 9.32. The number of rotatable bonds is 2. The van der Waals surface area contributed by atoms with Gasteiger partial charge in [-0.15, -0.1) is 11.3 Å². The number of thiophene rings is 1. The molecule has 0 radical (unpaired) electrons. The Bertz CT molecular complexity index is 1130. The van der Waals surface area contributed by atoms with Gasteiger partial charge < -0.3 is 5.32 Å². The van der Waals surface area contributed by atoms with Gasteiger partial charge in [-0.1, -0.05) is 66.7 Å². The maximum atomic E-state index is 3.27. The second-order valence-corrected chi connectivity index (χ2v) is 7.34. The summed E-state index contributed by atoms with van der Waals surface area (Å²) >= 11 is 1.88. The van der Waals surface area contributed by atoms with Crippen LogP contribution in [0.3, 0.4) is 0 Å². The van der Waals surface area contributed by atoms with Gasteiger partial charge in [0.2, 0.25) is 0 Å². The molecule has 0 aliphatic carbocycles. The van der Waals surface area contributed by atoms with E-state index < -0.39 is 0 Å². The van der Waals surface area contributed by atoms with Gasteiger partial charge in [0.15, 0.2) is 0 Å². The number of hydrogen-bond donors (Lipinski definition) is 1. The van der Waals surface area contributed by atoms with Crippen LogP contribution in [-0.2, 0) is 0 Å². The van der Waals surface area contributed by atoms with E-state index in [1.54, 1.807) is 0 Å². The van der Waals surface area contributed by atoms with Crippen LogP contribution >= 0.6 is 11.3 Å². The maximum Gasteiger partial charge on any atom is 0.0433 e. The van der Waals surface area contributed by atoms with Crippen molar-refractivity contribution in [2.45, 2.75) is 0 Å². The first kappa shape index (κ1) is 14.5. The third kappa shape index (κ3) is 2.46. The normalized spacial score (nSPS) is 13.8. The predicted molar refractivity (Wildman–Crippen MR) is 110 cm³/mol. The second kappa shape index (κ2) is 5.91. The minimum Gasteiger partial charge on any atom is -0.387 e. The zero-order valence-corrected chi connectivity index (χ0v) is 14.5. The summed E-state index contributed by atoms with van der Waals surface area (Å²) in [6.45, 7) is 0.891. The van der Waals surface area contributed by atoms with Gasteiger partial charge in [0.1, 0.15) is 0 Å². The van der Waals surface area contributed by atoms with E-state index in [1.807, 2.05) is 17.5 Å². The lowest BCUT2D eigenvalue weighted by molar-refractivity contribution is 0.986. The number of fused-ring (bicyclic) bond motifs is 3. The van der Waals surface area contributed by atoms with Crippen molar-refractivity contribution in [3.8, 4) is 11.1 Å². The van der Waals surface area contributed by atoms with Gasteiger partial charge in [-0.05, 0) is 40.6 Å². The van der Waals surface area contributed by atoms with Crippen molar-refractivity contribution in [2.24, 2.45) is 0 Å². The van der Waals surface area contributed by atoms with Crippen LogP contribution in [0.25, 0.3) is 36.9 Å². The Morgan fingerprint density at radius 2 is 1.56 bits per heavy atom. The molecular weight excluding hydrogens is 322 g/mol. The molecule has 4 aromatic rings. The van der Waals surface area contributed by atoms with Crippen molar-refractivity contribution in [1.29, 1.82) is 0 Å². The topological polar surface area (TPSA) is 12.0 Å². The lowest BCUT2D eigenvalue weighted by atomic mass is 9.98. The summed E-state index contributed by atoms with van der Waals surface area (Å²) in [5, 5.41) is 5.98. The average Bonchev–Trinajstić information content (AvgIpc) is 3.08. The van der Waals surface area contributed by atoms with Gasteiger partial charge in [0, 0.05) is 26.7 Å². The molecule has 25 heavy (non-hydrogen) atoms. The molecule has 120 valence electrons. The van der Waals surface area contributed by atoms with Crippen molar-refractivity contribution < 1.29 is 0 Å². The summed E-state index contributed by atoms with van der Waals surface area (Å²) in [6, 6.07) is 24.3. The van der Waals surface area contributed by atoms with Crippen LogP contribution in [0, 0.1) is 0 Å². The van der Waals surface area contributed by atoms with Gasteiger partial charge in [0.25, 0.3) is 0 Å². The highest BCUT2D eigenvalue weighted by molar-refractivity contribution is 7.26. The largest absolute Gasteiger partial charge is 0.387 e. The van der Waals surface area contributed by atoms with Gasteiger partial charge in [-0.2, -0.15) is 0 Å². The molecule has 3 aromatic carbocycles. The molecule has 0 atom stereocenters. The fourth-order valence-corrected chi connectivity index (χ4v) is 4.74. The summed E-state index contributed by atoms with van der Waals surface area (Å²) in [7, 11) is 0. The molecule has 0 saturated carbocycles. The van der Waals surface area contributed by atoms with Gasteiger partial charge in [-0.25, -0.2) is 0 Å². The number of dihydropyridines is 1. The third-order valence-corrected chi connectivity index (χ3v) is 5.99. The van der Waals surface area contributed by atoms with E-state index in [0.29, 0.717) is 0 Å². The third-order valence-electron chi connectivity index (χ3n) is 4.77. The predicted octanol–water partition coefficient (Wildman–Crippen LogP) is 6.22. The molecule has 0 fully saturated rings. The Hall–Kier alpha value is -2.84. The van der Waals surface area contributed by atoms with Gasteiger partial charge in [0.05, 0.1) is 0 Å². The van der Waals surface area contributed by atoms with Crippen LogP contribution in [0.1, 0.15) is 5.56 Å². The van der Waals surface area contributed by atoms with E-state index in [4.69, 9.17) is 0 Å². The van der Waals surface area contributed by atoms with Gasteiger partial charge in [-0.3, -0.25) is 0 Å². The first-order valence-electron chi connectivity index (χ1n) is 8.50. The maximum absolute atomic E-state index is 3.27. The molecule has 1 nitrogen and oxygen atoms in total. The van der Waals surface area contributed by atoms with Crippen molar-refractivity contribution in [3.05, 3.63) is 90.6 Å². The first-order chi connectivity index (χ1) is 12.4. The highest BCUT2D eigenvalue weighted by Gasteiger charge is 2.10. The van der Waals surface area contributed by atoms with Gasteiger partial charge >= 0.3 is 0 Å². The molecule has 0 unspecified atom stereocenters. The lowest BCUT2D eigenvalue weighted by Gasteiger charge is -2.12. The van der Waals surface area contributed by atoms with Crippen LogP contribution < -0.4 is 5.32 Å².